The van der Waals surface area contributed by atoms with Crippen LogP contribution in [-0.2, 0) is 4.79 Å². The molecule has 1 amide bonds. The predicted molar refractivity (Wildman–Crippen MR) is 90.9 cm³/mol. The normalized spacial score (nSPS) is 16.0. The second-order valence-corrected chi connectivity index (χ2v) is 6.34. The number of halogens is 2. The lowest BCUT2D eigenvalue weighted by atomic mass is 10.2. The summed E-state index contributed by atoms with van der Waals surface area (Å²) in [6.45, 7) is 0. The maximum Gasteiger partial charge on any atom is 0.275 e. The maximum atomic E-state index is 12.0. The molecule has 0 fully saturated rings. The van der Waals surface area contributed by atoms with Gasteiger partial charge in [-0.15, -0.1) is 0 Å². The van der Waals surface area contributed by atoms with Crippen molar-refractivity contribution in [2.45, 2.75) is 0 Å². The highest BCUT2D eigenvalue weighted by Crippen LogP contribution is 2.18. The largest absolute Gasteiger partial charge is 0.305 e. The van der Waals surface area contributed by atoms with Gasteiger partial charge in [0, 0.05) is 14.5 Å². The number of amidine groups is 1. The molecule has 0 bridgehead atoms. The van der Waals surface area contributed by atoms with E-state index in [0.29, 0.717) is 11.5 Å². The van der Waals surface area contributed by atoms with Crippen LogP contribution in [0.5, 0.6) is 0 Å². The second kappa shape index (κ2) is 5.95. The molecule has 0 saturated heterocycles. The summed E-state index contributed by atoms with van der Waals surface area (Å²) in [4.78, 5) is 16.4. The highest BCUT2D eigenvalue weighted by atomic mass is 79.9. The van der Waals surface area contributed by atoms with E-state index >= 15 is 0 Å². The highest BCUT2D eigenvalue weighted by molar-refractivity contribution is 9.10. The van der Waals surface area contributed by atoms with Gasteiger partial charge in [-0.25, -0.2) is 4.99 Å². The summed E-state index contributed by atoms with van der Waals surface area (Å²) in [5, 5.41) is 2.79. The number of nitrogens with one attached hydrogen (secondary N) is 1. The molecule has 0 spiro atoms. The van der Waals surface area contributed by atoms with Crippen molar-refractivity contribution in [3.05, 3.63) is 74.3 Å². The van der Waals surface area contributed by atoms with Crippen LogP contribution in [0.3, 0.4) is 0 Å². The second-order valence-electron chi connectivity index (χ2n) is 4.51. The number of amides is 1. The summed E-state index contributed by atoms with van der Waals surface area (Å²) in [7, 11) is 0. The molecule has 0 unspecified atom stereocenters. The third-order valence-corrected chi connectivity index (χ3v) is 3.99. The molecule has 3 rings (SSSR count). The molecule has 0 radical (unpaired) electrons. The Hall–Kier alpha value is -1.72. The number of rotatable bonds is 2. The molecule has 3 nitrogen and oxygen atoms in total. The van der Waals surface area contributed by atoms with Crippen molar-refractivity contribution in [1.82, 2.24) is 5.32 Å². The van der Waals surface area contributed by atoms with E-state index in [0.717, 1.165) is 20.1 Å². The lowest BCUT2D eigenvalue weighted by molar-refractivity contribution is -0.115. The van der Waals surface area contributed by atoms with Crippen LogP contribution in [0.15, 0.2) is 68.2 Å². The van der Waals surface area contributed by atoms with Crippen molar-refractivity contribution in [3.8, 4) is 0 Å². The fourth-order valence-corrected chi connectivity index (χ4v) is 2.62. The minimum absolute atomic E-state index is 0.187. The Kier molecular flexibility index (Phi) is 4.03. The molecule has 1 heterocycles. The molecule has 1 aliphatic rings. The van der Waals surface area contributed by atoms with E-state index in [1.807, 2.05) is 48.5 Å². The van der Waals surface area contributed by atoms with Gasteiger partial charge in [0.05, 0.1) is 0 Å². The topological polar surface area (TPSA) is 41.5 Å². The van der Waals surface area contributed by atoms with Gasteiger partial charge < -0.3 is 5.32 Å². The van der Waals surface area contributed by atoms with Gasteiger partial charge in [-0.3, -0.25) is 4.79 Å². The smallest absolute Gasteiger partial charge is 0.275 e. The number of carbonyl (C=O) groups excluding carboxylic acids is 1. The summed E-state index contributed by atoms with van der Waals surface area (Å²) >= 11 is 6.80. The number of hydrogen-bond donors (Lipinski definition) is 1. The Morgan fingerprint density at radius 2 is 1.76 bits per heavy atom. The molecule has 21 heavy (non-hydrogen) atoms. The average Bonchev–Trinajstić information content (AvgIpc) is 2.83. The Morgan fingerprint density at radius 1 is 1.00 bits per heavy atom. The van der Waals surface area contributed by atoms with E-state index in [-0.39, 0.29) is 5.91 Å². The van der Waals surface area contributed by atoms with Crippen molar-refractivity contribution < 1.29 is 4.79 Å². The SMILES string of the molecule is O=C1NC(c2cccc(Br)c2)=N/C1=C\c1ccc(Br)cc1. The molecule has 0 saturated carbocycles. The zero-order chi connectivity index (χ0) is 14.8. The third-order valence-electron chi connectivity index (χ3n) is 2.97. The van der Waals surface area contributed by atoms with Gasteiger partial charge in [0.2, 0.25) is 0 Å². The average molecular weight is 406 g/mol. The van der Waals surface area contributed by atoms with Crippen LogP contribution < -0.4 is 5.32 Å². The fraction of sp³-hybridized carbons (Fsp3) is 0. The first-order chi connectivity index (χ1) is 10.1. The van der Waals surface area contributed by atoms with Crippen molar-refractivity contribution in [2.24, 2.45) is 4.99 Å². The Labute approximate surface area is 139 Å². The third kappa shape index (κ3) is 3.31. The molecular formula is C16H10Br2N2O. The summed E-state index contributed by atoms with van der Waals surface area (Å²) < 4.78 is 1.95. The van der Waals surface area contributed by atoms with E-state index in [2.05, 4.69) is 42.2 Å². The van der Waals surface area contributed by atoms with E-state index < -0.39 is 0 Å². The first kappa shape index (κ1) is 14.2. The van der Waals surface area contributed by atoms with E-state index in [1.54, 1.807) is 6.08 Å². The monoisotopic (exact) mass is 404 g/mol. The van der Waals surface area contributed by atoms with Gasteiger partial charge in [0.1, 0.15) is 11.5 Å². The Morgan fingerprint density at radius 3 is 2.48 bits per heavy atom. The van der Waals surface area contributed by atoms with Gasteiger partial charge in [0.15, 0.2) is 0 Å². The van der Waals surface area contributed by atoms with Crippen LogP contribution in [0.25, 0.3) is 6.08 Å². The van der Waals surface area contributed by atoms with Gasteiger partial charge in [-0.2, -0.15) is 0 Å². The quantitative estimate of drug-likeness (QED) is 0.750. The molecule has 0 aliphatic carbocycles. The van der Waals surface area contributed by atoms with Crippen molar-refractivity contribution in [3.63, 3.8) is 0 Å². The summed E-state index contributed by atoms with van der Waals surface area (Å²) in [5.74, 6) is 0.387. The zero-order valence-electron chi connectivity index (χ0n) is 10.8. The molecular weight excluding hydrogens is 396 g/mol. The van der Waals surface area contributed by atoms with Crippen molar-refractivity contribution >= 4 is 49.7 Å². The predicted octanol–water partition coefficient (Wildman–Crippen LogP) is 4.13. The zero-order valence-corrected chi connectivity index (χ0v) is 14.0. The minimum Gasteiger partial charge on any atom is -0.305 e. The molecule has 5 heteroatoms. The van der Waals surface area contributed by atoms with Gasteiger partial charge in [0.25, 0.3) is 5.91 Å². The summed E-state index contributed by atoms with van der Waals surface area (Å²) in [5.41, 5.74) is 2.21. The summed E-state index contributed by atoms with van der Waals surface area (Å²) in [6.07, 6.45) is 1.77. The number of aliphatic imine (C=N–C) groups is 1. The number of nitrogens with zero attached hydrogens (tertiary/aromatic N) is 1. The lowest BCUT2D eigenvalue weighted by Crippen LogP contribution is -2.24. The first-order valence-corrected chi connectivity index (χ1v) is 7.84. The van der Waals surface area contributed by atoms with Crippen LogP contribution in [0.2, 0.25) is 0 Å². The summed E-state index contributed by atoms with van der Waals surface area (Å²) in [6, 6.07) is 15.4. The lowest BCUT2D eigenvalue weighted by Gasteiger charge is -2.00. The molecule has 1 aliphatic heterocycles. The fourth-order valence-electron chi connectivity index (χ4n) is 1.96. The van der Waals surface area contributed by atoms with Crippen LogP contribution in [0.4, 0.5) is 0 Å². The maximum absolute atomic E-state index is 12.0. The van der Waals surface area contributed by atoms with E-state index in [4.69, 9.17) is 0 Å². The molecule has 1 N–H and O–H groups in total. The standard InChI is InChI=1S/C16H10Br2N2O/c17-12-6-4-10(5-7-12)8-14-16(21)20-15(19-14)11-2-1-3-13(18)9-11/h1-9H,(H,19,20,21)/b14-8-. The van der Waals surface area contributed by atoms with Crippen LogP contribution in [0.1, 0.15) is 11.1 Å². The Bertz CT molecular complexity index is 764. The van der Waals surface area contributed by atoms with Crippen molar-refractivity contribution in [2.75, 3.05) is 0 Å². The van der Waals surface area contributed by atoms with Crippen LogP contribution in [0, 0.1) is 0 Å². The molecule has 0 atom stereocenters. The number of benzene rings is 2. The minimum atomic E-state index is -0.187. The van der Waals surface area contributed by atoms with Crippen LogP contribution >= 0.6 is 31.9 Å². The number of carbonyl (C=O) groups is 1. The molecule has 0 aromatic heterocycles. The first-order valence-electron chi connectivity index (χ1n) is 6.25. The Balaban J connectivity index is 1.93. The molecule has 2 aromatic rings. The van der Waals surface area contributed by atoms with Gasteiger partial charge in [-0.05, 0) is 35.9 Å². The molecule has 104 valence electrons. The van der Waals surface area contributed by atoms with E-state index in [1.165, 1.54) is 0 Å². The van der Waals surface area contributed by atoms with Gasteiger partial charge in [-0.1, -0.05) is 56.1 Å². The van der Waals surface area contributed by atoms with Gasteiger partial charge >= 0.3 is 0 Å². The van der Waals surface area contributed by atoms with Crippen molar-refractivity contribution in [1.29, 1.82) is 0 Å². The van der Waals surface area contributed by atoms with Crippen LogP contribution in [-0.4, -0.2) is 11.7 Å². The number of hydrogen-bond acceptors (Lipinski definition) is 2. The van der Waals surface area contributed by atoms with E-state index in [9.17, 15) is 4.79 Å². The highest BCUT2D eigenvalue weighted by Gasteiger charge is 2.21. The molecule has 2 aromatic carbocycles.